The molecule has 2 N–H and O–H groups in total. The normalized spacial score (nSPS) is 16.0. The highest BCUT2D eigenvalue weighted by molar-refractivity contribution is 6.43. The maximum Gasteiger partial charge on any atom is 0.326 e. The predicted octanol–water partition coefficient (Wildman–Crippen LogP) is 1.90. The molecule has 1 fully saturated rings. The van der Waals surface area contributed by atoms with E-state index < -0.39 is 42.9 Å². The third-order valence-corrected chi connectivity index (χ3v) is 5.33. The number of esters is 1. The minimum absolute atomic E-state index is 0.0264. The van der Waals surface area contributed by atoms with E-state index >= 15 is 0 Å². The Morgan fingerprint density at radius 2 is 1.59 bits per heavy atom. The Kier molecular flexibility index (Phi) is 6.39. The topological polar surface area (TPSA) is 122 Å². The Bertz CT molecular complexity index is 857. The number of fused-ring (bicyclic) bond motifs is 1. The number of nitrogens with zero attached hydrogens (tertiary/aromatic N) is 1. The van der Waals surface area contributed by atoms with Crippen LogP contribution in [-0.4, -0.2) is 53.8 Å². The first-order valence-electron chi connectivity index (χ1n) is 8.87. The lowest BCUT2D eigenvalue weighted by atomic mass is 10.1. The van der Waals surface area contributed by atoms with Crippen molar-refractivity contribution in [3.63, 3.8) is 0 Å². The number of urea groups is 1. The van der Waals surface area contributed by atoms with E-state index in [9.17, 15) is 24.0 Å². The van der Waals surface area contributed by atoms with Gasteiger partial charge in [0.1, 0.15) is 6.54 Å². The zero-order valence-corrected chi connectivity index (χ0v) is 16.6. The van der Waals surface area contributed by atoms with Crippen LogP contribution in [0, 0.1) is 0 Å². The summed E-state index contributed by atoms with van der Waals surface area (Å²) in [5, 5.41) is 4.91. The summed E-state index contributed by atoms with van der Waals surface area (Å²) in [5.74, 6) is -3.25. The second-order valence-electron chi connectivity index (χ2n) is 6.67. The Labute approximate surface area is 175 Å². The summed E-state index contributed by atoms with van der Waals surface area (Å²) in [5.41, 5.74) is 0.0528. The number of hydrogen-bond donors (Lipinski definition) is 2. The molecule has 1 heterocycles. The third-order valence-electron chi connectivity index (χ3n) is 4.61. The molecule has 0 bridgehead atoms. The molecule has 0 atom stereocenters. The zero-order valence-electron chi connectivity index (χ0n) is 15.1. The number of carbonyl (C=O) groups is 5. The van der Waals surface area contributed by atoms with Gasteiger partial charge in [-0.25, -0.2) is 4.79 Å². The number of imide groups is 2. The lowest BCUT2D eigenvalue weighted by molar-refractivity contribution is -0.148. The fraction of sp³-hybridized carbons (Fsp3) is 0.389. The largest absolute Gasteiger partial charge is 0.454 e. The lowest BCUT2D eigenvalue weighted by Crippen LogP contribution is -2.45. The van der Waals surface area contributed by atoms with Crippen LogP contribution in [0.2, 0.25) is 10.0 Å². The van der Waals surface area contributed by atoms with Gasteiger partial charge in [-0.2, -0.15) is 0 Å². The van der Waals surface area contributed by atoms with Crippen LogP contribution in [0.3, 0.4) is 0 Å². The van der Waals surface area contributed by atoms with Crippen LogP contribution in [0.4, 0.5) is 4.79 Å². The summed E-state index contributed by atoms with van der Waals surface area (Å²) in [6.07, 6.45) is 3.75. The minimum atomic E-state index is -0.983. The van der Waals surface area contributed by atoms with E-state index in [1.807, 2.05) is 0 Å². The molecule has 0 radical (unpaired) electrons. The number of hydrogen-bond acceptors (Lipinski definition) is 6. The SMILES string of the molecule is O=C(COC(=O)CN1C(=O)c2cc(Cl)c(Cl)cc2C1=O)NC(=O)NC1CCCC1. The van der Waals surface area contributed by atoms with Crippen molar-refractivity contribution in [2.75, 3.05) is 13.2 Å². The van der Waals surface area contributed by atoms with Gasteiger partial charge in [0, 0.05) is 6.04 Å². The van der Waals surface area contributed by atoms with Gasteiger partial charge in [-0.1, -0.05) is 36.0 Å². The van der Waals surface area contributed by atoms with Crippen molar-refractivity contribution in [3.05, 3.63) is 33.3 Å². The lowest BCUT2D eigenvalue weighted by Gasteiger charge is -2.14. The predicted molar refractivity (Wildman–Crippen MR) is 102 cm³/mol. The van der Waals surface area contributed by atoms with E-state index in [0.29, 0.717) is 4.90 Å². The summed E-state index contributed by atoms with van der Waals surface area (Å²) < 4.78 is 4.75. The molecular weight excluding hydrogens is 425 g/mol. The Morgan fingerprint density at radius 1 is 1.03 bits per heavy atom. The van der Waals surface area contributed by atoms with Crippen molar-refractivity contribution in [3.8, 4) is 0 Å². The highest BCUT2D eigenvalue weighted by Crippen LogP contribution is 2.31. The quantitative estimate of drug-likeness (QED) is 0.531. The smallest absolute Gasteiger partial charge is 0.326 e. The molecule has 154 valence electrons. The molecule has 1 aromatic carbocycles. The van der Waals surface area contributed by atoms with Crippen LogP contribution in [0.5, 0.6) is 0 Å². The van der Waals surface area contributed by atoms with Gasteiger partial charge in [0.15, 0.2) is 6.61 Å². The standard InChI is InChI=1S/C18H17Cl2N3O6/c19-12-5-10-11(6-13(12)20)17(27)23(16(10)26)7-15(25)29-8-14(24)22-18(28)21-9-3-1-2-4-9/h5-6,9H,1-4,7-8H2,(H2,21,22,24,28). The van der Waals surface area contributed by atoms with Crippen LogP contribution < -0.4 is 10.6 Å². The van der Waals surface area contributed by atoms with Crippen LogP contribution in [-0.2, 0) is 14.3 Å². The molecule has 9 nitrogen and oxygen atoms in total. The Morgan fingerprint density at radius 3 is 2.14 bits per heavy atom. The van der Waals surface area contributed by atoms with Crippen molar-refractivity contribution in [2.24, 2.45) is 0 Å². The second kappa shape index (κ2) is 8.79. The molecule has 0 aromatic heterocycles. The van der Waals surface area contributed by atoms with Gasteiger partial charge < -0.3 is 10.1 Å². The maximum absolute atomic E-state index is 12.3. The fourth-order valence-corrected chi connectivity index (χ4v) is 3.53. The number of halogens is 2. The van der Waals surface area contributed by atoms with E-state index in [-0.39, 0.29) is 27.2 Å². The molecule has 0 unspecified atom stereocenters. The van der Waals surface area contributed by atoms with Gasteiger partial charge in [-0.3, -0.25) is 29.4 Å². The fourth-order valence-electron chi connectivity index (χ4n) is 3.20. The van der Waals surface area contributed by atoms with Gasteiger partial charge in [0.2, 0.25) is 0 Å². The minimum Gasteiger partial charge on any atom is -0.454 e. The van der Waals surface area contributed by atoms with Gasteiger partial charge in [0.25, 0.3) is 17.7 Å². The molecule has 11 heteroatoms. The van der Waals surface area contributed by atoms with Crippen LogP contribution in [0.15, 0.2) is 12.1 Å². The van der Waals surface area contributed by atoms with Gasteiger partial charge in [-0.15, -0.1) is 0 Å². The van der Waals surface area contributed by atoms with Gasteiger partial charge >= 0.3 is 12.0 Å². The average molecular weight is 442 g/mol. The van der Waals surface area contributed by atoms with Crippen molar-refractivity contribution < 1.29 is 28.7 Å². The first kappa shape index (κ1) is 21.1. The summed E-state index contributed by atoms with van der Waals surface area (Å²) >= 11 is 11.7. The number of ether oxygens (including phenoxy) is 1. The van der Waals surface area contributed by atoms with Crippen molar-refractivity contribution in [2.45, 2.75) is 31.7 Å². The maximum atomic E-state index is 12.3. The van der Waals surface area contributed by atoms with Crippen molar-refractivity contribution in [1.82, 2.24) is 15.5 Å². The summed E-state index contributed by atoms with van der Waals surface area (Å²) in [6, 6.07) is 1.87. The molecule has 0 spiro atoms. The number of rotatable bonds is 5. The average Bonchev–Trinajstić information content (AvgIpc) is 3.24. The van der Waals surface area contributed by atoms with E-state index in [4.69, 9.17) is 27.9 Å². The van der Waals surface area contributed by atoms with Crippen LogP contribution in [0.25, 0.3) is 0 Å². The van der Waals surface area contributed by atoms with E-state index in [1.54, 1.807) is 0 Å². The number of benzene rings is 1. The third kappa shape index (κ3) is 4.86. The second-order valence-corrected chi connectivity index (χ2v) is 7.49. The summed E-state index contributed by atoms with van der Waals surface area (Å²) in [6.45, 7) is -1.42. The molecule has 1 saturated carbocycles. The van der Waals surface area contributed by atoms with E-state index in [2.05, 4.69) is 10.6 Å². The van der Waals surface area contributed by atoms with E-state index in [1.165, 1.54) is 12.1 Å². The molecule has 1 aliphatic carbocycles. The van der Waals surface area contributed by atoms with E-state index in [0.717, 1.165) is 25.7 Å². The highest BCUT2D eigenvalue weighted by Gasteiger charge is 2.37. The Balaban J connectivity index is 1.48. The molecule has 3 rings (SSSR count). The summed E-state index contributed by atoms with van der Waals surface area (Å²) in [4.78, 5) is 60.7. The highest BCUT2D eigenvalue weighted by atomic mass is 35.5. The number of carbonyl (C=O) groups excluding carboxylic acids is 5. The van der Waals surface area contributed by atoms with Crippen molar-refractivity contribution >= 4 is 52.9 Å². The van der Waals surface area contributed by atoms with Gasteiger partial charge in [-0.05, 0) is 25.0 Å². The number of amides is 5. The van der Waals surface area contributed by atoms with Crippen LogP contribution >= 0.6 is 23.2 Å². The van der Waals surface area contributed by atoms with Crippen molar-refractivity contribution in [1.29, 1.82) is 0 Å². The first-order valence-corrected chi connectivity index (χ1v) is 9.63. The molecule has 2 aliphatic rings. The molecule has 1 aromatic rings. The van der Waals surface area contributed by atoms with Crippen LogP contribution in [0.1, 0.15) is 46.4 Å². The molecule has 29 heavy (non-hydrogen) atoms. The summed E-state index contributed by atoms with van der Waals surface area (Å²) in [7, 11) is 0. The molecule has 5 amide bonds. The zero-order chi connectivity index (χ0) is 21.1. The van der Waals surface area contributed by atoms with Gasteiger partial charge in [0.05, 0.1) is 21.2 Å². The number of nitrogens with one attached hydrogen (secondary N) is 2. The monoisotopic (exact) mass is 441 g/mol. The molecular formula is C18H17Cl2N3O6. The Hall–Kier alpha value is -2.65. The molecule has 0 saturated heterocycles. The first-order chi connectivity index (χ1) is 13.8. The molecule has 1 aliphatic heterocycles.